The molecule has 0 aliphatic carbocycles. The number of anilines is 1. The number of nitrogens with zero attached hydrogens (tertiary/aromatic N) is 3. The maximum absolute atomic E-state index is 11.4. The van der Waals surface area contributed by atoms with Gasteiger partial charge in [-0.3, -0.25) is 4.79 Å². The third-order valence-corrected chi connectivity index (χ3v) is 2.60. The quantitative estimate of drug-likeness (QED) is 0.799. The van der Waals surface area contributed by atoms with Crippen molar-refractivity contribution in [2.75, 3.05) is 5.32 Å². The lowest BCUT2D eigenvalue weighted by Gasteiger charge is -2.08. The summed E-state index contributed by atoms with van der Waals surface area (Å²) in [5, 5.41) is 30.0. The molecule has 1 heterocycles. The monoisotopic (exact) mass is 261 g/mol. The molecule has 6 nitrogen and oxygen atoms in total. The molecular weight excluding hydrogens is 254 g/mol. The number of hydrogen-bond acceptors (Lipinski definition) is 5. The van der Waals surface area contributed by atoms with E-state index >= 15 is 0 Å². The molecule has 0 unspecified atom stereocenters. The van der Waals surface area contributed by atoms with Gasteiger partial charge in [-0.2, -0.15) is 15.8 Å². The second-order valence-corrected chi connectivity index (χ2v) is 3.80. The largest absolute Gasteiger partial charge is 0.343 e. The fourth-order valence-electron chi connectivity index (χ4n) is 1.70. The minimum Gasteiger partial charge on any atom is -0.343 e. The van der Waals surface area contributed by atoms with Gasteiger partial charge >= 0.3 is 0 Å². The van der Waals surface area contributed by atoms with Gasteiger partial charge in [0.15, 0.2) is 5.57 Å². The van der Waals surface area contributed by atoms with Crippen LogP contribution in [0.1, 0.15) is 0 Å². The van der Waals surface area contributed by atoms with Crippen molar-refractivity contribution in [3.05, 3.63) is 52.0 Å². The Morgan fingerprint density at radius 1 is 1.05 bits per heavy atom. The molecule has 1 aromatic carbocycles. The van der Waals surface area contributed by atoms with Crippen LogP contribution in [0, 0.1) is 34.0 Å². The summed E-state index contributed by atoms with van der Waals surface area (Å²) in [5.41, 5.74) is 0.188. The molecule has 2 rings (SSSR count). The second-order valence-electron chi connectivity index (χ2n) is 3.80. The fourth-order valence-corrected chi connectivity index (χ4v) is 1.70. The third-order valence-electron chi connectivity index (χ3n) is 2.60. The highest BCUT2D eigenvalue weighted by Crippen LogP contribution is 2.21. The van der Waals surface area contributed by atoms with Gasteiger partial charge in [-0.05, 0) is 12.1 Å². The molecule has 0 atom stereocenters. The first-order chi connectivity index (χ1) is 9.69. The SMILES string of the molecule is N#CC(C#N)=C(C#N)Nc1cccc2ccc(=O)[nH]c12. The summed E-state index contributed by atoms with van der Waals surface area (Å²) in [7, 11) is 0. The number of aromatic nitrogens is 1. The summed E-state index contributed by atoms with van der Waals surface area (Å²) >= 11 is 0. The van der Waals surface area contributed by atoms with Crippen LogP contribution < -0.4 is 10.9 Å². The Bertz CT molecular complexity index is 871. The molecule has 0 saturated heterocycles. The highest BCUT2D eigenvalue weighted by molar-refractivity contribution is 5.91. The smallest absolute Gasteiger partial charge is 0.248 e. The number of para-hydroxylation sites is 1. The zero-order valence-electron chi connectivity index (χ0n) is 10.1. The molecule has 0 fully saturated rings. The molecule has 94 valence electrons. The first kappa shape index (κ1) is 12.9. The molecule has 0 spiro atoms. The maximum atomic E-state index is 11.4. The Balaban J connectivity index is 2.62. The second kappa shape index (κ2) is 5.39. The number of nitriles is 3. The van der Waals surface area contributed by atoms with E-state index in [-0.39, 0.29) is 16.8 Å². The Kier molecular flexibility index (Phi) is 3.47. The van der Waals surface area contributed by atoms with E-state index in [1.165, 1.54) is 6.07 Å². The van der Waals surface area contributed by atoms with Crippen LogP contribution in [-0.2, 0) is 0 Å². The van der Waals surface area contributed by atoms with Crippen molar-refractivity contribution in [2.45, 2.75) is 0 Å². The van der Waals surface area contributed by atoms with Crippen LogP contribution in [0.2, 0.25) is 0 Å². The number of benzene rings is 1. The van der Waals surface area contributed by atoms with Crippen molar-refractivity contribution in [3.63, 3.8) is 0 Å². The molecule has 0 aliphatic rings. The lowest BCUT2D eigenvalue weighted by Crippen LogP contribution is -2.06. The van der Waals surface area contributed by atoms with Crippen LogP contribution in [-0.4, -0.2) is 4.98 Å². The minimum absolute atomic E-state index is 0.160. The summed E-state index contributed by atoms with van der Waals surface area (Å²) in [6.45, 7) is 0. The number of fused-ring (bicyclic) bond motifs is 1. The van der Waals surface area contributed by atoms with Crippen LogP contribution in [0.15, 0.2) is 46.4 Å². The van der Waals surface area contributed by atoms with E-state index in [0.717, 1.165) is 5.39 Å². The number of H-pyrrole nitrogens is 1. The molecule has 1 aromatic heterocycles. The number of aromatic amines is 1. The molecule has 2 aromatic rings. The molecular formula is C14H7N5O. The molecule has 20 heavy (non-hydrogen) atoms. The van der Waals surface area contributed by atoms with Crippen molar-refractivity contribution in [2.24, 2.45) is 0 Å². The summed E-state index contributed by atoms with van der Waals surface area (Å²) in [6, 6.07) is 13.3. The van der Waals surface area contributed by atoms with E-state index in [0.29, 0.717) is 11.2 Å². The van der Waals surface area contributed by atoms with Crippen molar-refractivity contribution >= 4 is 16.6 Å². The summed E-state index contributed by atoms with van der Waals surface area (Å²) in [5.74, 6) is 0. The lowest BCUT2D eigenvalue weighted by atomic mass is 10.1. The van der Waals surface area contributed by atoms with Crippen molar-refractivity contribution in [1.82, 2.24) is 4.98 Å². The highest BCUT2D eigenvalue weighted by Gasteiger charge is 2.08. The predicted molar refractivity (Wildman–Crippen MR) is 72.1 cm³/mol. The summed E-state index contributed by atoms with van der Waals surface area (Å²) in [6.07, 6.45) is 0. The summed E-state index contributed by atoms with van der Waals surface area (Å²) < 4.78 is 0. The third kappa shape index (κ3) is 2.33. The number of nitrogens with one attached hydrogen (secondary N) is 2. The predicted octanol–water partition coefficient (Wildman–Crippen LogP) is 1.76. The van der Waals surface area contributed by atoms with Crippen LogP contribution in [0.25, 0.3) is 10.9 Å². The summed E-state index contributed by atoms with van der Waals surface area (Å²) in [4.78, 5) is 14.0. The van der Waals surface area contributed by atoms with Gasteiger partial charge in [-0.15, -0.1) is 0 Å². The van der Waals surface area contributed by atoms with E-state index in [2.05, 4.69) is 10.3 Å². The molecule has 0 bridgehead atoms. The Morgan fingerprint density at radius 2 is 1.80 bits per heavy atom. The van der Waals surface area contributed by atoms with E-state index in [1.54, 1.807) is 42.5 Å². The van der Waals surface area contributed by atoms with Crippen LogP contribution in [0.3, 0.4) is 0 Å². The van der Waals surface area contributed by atoms with Gasteiger partial charge in [-0.25, -0.2) is 0 Å². The molecule has 0 aliphatic heterocycles. The van der Waals surface area contributed by atoms with Gasteiger partial charge in [0.05, 0.1) is 11.2 Å². The average molecular weight is 261 g/mol. The van der Waals surface area contributed by atoms with Crippen molar-refractivity contribution in [3.8, 4) is 18.2 Å². The van der Waals surface area contributed by atoms with Crippen LogP contribution >= 0.6 is 0 Å². The van der Waals surface area contributed by atoms with Gasteiger partial charge in [0.25, 0.3) is 0 Å². The zero-order valence-corrected chi connectivity index (χ0v) is 10.1. The minimum atomic E-state index is -0.317. The Hall–Kier alpha value is -3.56. The normalized spacial score (nSPS) is 9.05. The topological polar surface area (TPSA) is 116 Å². The van der Waals surface area contributed by atoms with Crippen molar-refractivity contribution < 1.29 is 0 Å². The molecule has 0 saturated carbocycles. The van der Waals surface area contributed by atoms with Gasteiger partial charge in [0, 0.05) is 11.5 Å². The molecule has 6 heteroatoms. The highest BCUT2D eigenvalue weighted by atomic mass is 16.1. The van der Waals surface area contributed by atoms with Crippen LogP contribution in [0.5, 0.6) is 0 Å². The lowest BCUT2D eigenvalue weighted by molar-refractivity contribution is 1.30. The van der Waals surface area contributed by atoms with E-state index in [4.69, 9.17) is 15.8 Å². The van der Waals surface area contributed by atoms with Gasteiger partial charge in [-0.1, -0.05) is 12.1 Å². The zero-order chi connectivity index (χ0) is 14.5. The standard InChI is InChI=1S/C14H7N5O/c15-6-10(7-16)12(8-17)18-11-3-1-2-9-4-5-13(20)19-14(9)11/h1-5,18H,(H,19,20). The number of hydrogen-bond donors (Lipinski definition) is 2. The average Bonchev–Trinajstić information content (AvgIpc) is 2.47. The first-order valence-electron chi connectivity index (χ1n) is 5.53. The number of allylic oxidation sites excluding steroid dienone is 2. The van der Waals surface area contributed by atoms with Gasteiger partial charge in [0.1, 0.15) is 23.9 Å². The Labute approximate surface area is 113 Å². The van der Waals surface area contributed by atoms with E-state index in [1.807, 2.05) is 0 Å². The van der Waals surface area contributed by atoms with Gasteiger partial charge in [0.2, 0.25) is 5.56 Å². The Morgan fingerprint density at radius 3 is 2.45 bits per heavy atom. The molecule has 0 radical (unpaired) electrons. The van der Waals surface area contributed by atoms with Crippen LogP contribution in [0.4, 0.5) is 5.69 Å². The van der Waals surface area contributed by atoms with E-state index < -0.39 is 0 Å². The first-order valence-corrected chi connectivity index (χ1v) is 5.53. The molecule has 2 N–H and O–H groups in total. The van der Waals surface area contributed by atoms with E-state index in [9.17, 15) is 4.79 Å². The van der Waals surface area contributed by atoms with Gasteiger partial charge < -0.3 is 10.3 Å². The molecule has 0 amide bonds. The van der Waals surface area contributed by atoms with Crippen molar-refractivity contribution in [1.29, 1.82) is 15.8 Å². The number of rotatable bonds is 2. The fraction of sp³-hybridized carbons (Fsp3) is 0. The maximum Gasteiger partial charge on any atom is 0.248 e. The number of pyridine rings is 1.